The molecule has 0 aliphatic carbocycles. The number of oxazole rings is 1. The molecule has 8 nitrogen and oxygen atoms in total. The number of rotatable bonds is 4. The van der Waals surface area contributed by atoms with Crippen molar-refractivity contribution in [1.82, 2.24) is 15.2 Å². The van der Waals surface area contributed by atoms with Crippen LogP contribution in [0.1, 0.15) is 10.6 Å². The lowest BCUT2D eigenvalue weighted by atomic mass is 10.2. The number of nitrogens with zero attached hydrogens (tertiary/aromatic N) is 3. The smallest absolute Gasteiger partial charge is 0.293 e. The lowest BCUT2D eigenvalue weighted by Gasteiger charge is -2.03. The number of furan rings is 1. The maximum Gasteiger partial charge on any atom is 0.293 e. The molecule has 0 aliphatic rings. The molecule has 4 aromatic rings. The highest BCUT2D eigenvalue weighted by atomic mass is 16.4. The number of carbonyl (C=O) groups is 1. The van der Waals surface area contributed by atoms with Crippen LogP contribution >= 0.6 is 0 Å². The number of aromatic nitrogens is 3. The Morgan fingerprint density at radius 3 is 2.75 bits per heavy atom. The Balaban J connectivity index is 1.58. The average molecular weight is 322 g/mol. The van der Waals surface area contributed by atoms with Crippen molar-refractivity contribution in [2.24, 2.45) is 0 Å². The van der Waals surface area contributed by atoms with Crippen molar-refractivity contribution < 1.29 is 18.0 Å². The van der Waals surface area contributed by atoms with Gasteiger partial charge in [-0.2, -0.15) is 0 Å². The van der Waals surface area contributed by atoms with Crippen molar-refractivity contribution in [3.63, 3.8) is 0 Å². The first-order valence-electron chi connectivity index (χ1n) is 6.97. The van der Waals surface area contributed by atoms with Crippen molar-refractivity contribution in [1.29, 1.82) is 0 Å². The number of carbonyl (C=O) groups excluding carboxylic acids is 1. The van der Waals surface area contributed by atoms with Crippen LogP contribution < -0.4 is 5.32 Å². The third-order valence-electron chi connectivity index (χ3n) is 3.18. The predicted octanol–water partition coefficient (Wildman–Crippen LogP) is 3.24. The largest absolute Gasteiger partial charge is 0.459 e. The van der Waals surface area contributed by atoms with Crippen LogP contribution in [-0.4, -0.2) is 21.1 Å². The molecule has 4 rings (SSSR count). The summed E-state index contributed by atoms with van der Waals surface area (Å²) >= 11 is 0. The Morgan fingerprint density at radius 2 is 1.96 bits per heavy atom. The van der Waals surface area contributed by atoms with Crippen LogP contribution in [0.3, 0.4) is 0 Å². The maximum atomic E-state index is 12.0. The van der Waals surface area contributed by atoms with E-state index in [0.29, 0.717) is 22.9 Å². The average Bonchev–Trinajstić information content (AvgIpc) is 3.36. The first kappa shape index (κ1) is 13.9. The summed E-state index contributed by atoms with van der Waals surface area (Å²) in [7, 11) is 0. The van der Waals surface area contributed by atoms with Crippen LogP contribution in [0.5, 0.6) is 0 Å². The molecule has 0 saturated carbocycles. The molecule has 0 spiro atoms. The van der Waals surface area contributed by atoms with Gasteiger partial charge < -0.3 is 18.6 Å². The number of nitrogens with one attached hydrogen (secondary N) is 1. The first-order valence-corrected chi connectivity index (χ1v) is 6.97. The molecule has 1 aromatic carbocycles. The summed E-state index contributed by atoms with van der Waals surface area (Å²) in [5.74, 6) is 0.816. The highest BCUT2D eigenvalue weighted by Gasteiger charge is 2.14. The van der Waals surface area contributed by atoms with Crippen LogP contribution in [0.2, 0.25) is 0 Å². The van der Waals surface area contributed by atoms with E-state index in [1.165, 1.54) is 18.9 Å². The van der Waals surface area contributed by atoms with Crippen LogP contribution in [0.15, 0.2) is 68.5 Å². The Labute approximate surface area is 135 Å². The fraction of sp³-hybridized carbons (Fsp3) is 0. The van der Waals surface area contributed by atoms with Gasteiger partial charge in [0.25, 0.3) is 11.8 Å². The normalized spacial score (nSPS) is 10.7. The minimum absolute atomic E-state index is 0.123. The van der Waals surface area contributed by atoms with E-state index in [4.69, 9.17) is 13.3 Å². The fourth-order valence-electron chi connectivity index (χ4n) is 2.09. The van der Waals surface area contributed by atoms with E-state index in [1.54, 1.807) is 36.4 Å². The standard InChI is InChI=1S/C16H10N4O4/c21-14(13-8-17-9-23-13)18-11-4-1-3-10(7-11)15-19-20-16(24-15)12-5-2-6-22-12/h1-9H,(H,18,21). The topological polar surface area (TPSA) is 107 Å². The van der Waals surface area contributed by atoms with E-state index in [2.05, 4.69) is 20.5 Å². The van der Waals surface area contributed by atoms with Crippen molar-refractivity contribution in [3.8, 4) is 23.1 Å². The third kappa shape index (κ3) is 2.68. The van der Waals surface area contributed by atoms with Gasteiger partial charge in [0.1, 0.15) is 0 Å². The number of amides is 1. The van der Waals surface area contributed by atoms with Crippen molar-refractivity contribution in [2.45, 2.75) is 0 Å². The number of anilines is 1. The molecule has 118 valence electrons. The van der Waals surface area contributed by atoms with Gasteiger partial charge in [0.15, 0.2) is 12.2 Å². The van der Waals surface area contributed by atoms with Crippen LogP contribution in [0.4, 0.5) is 5.69 Å². The number of benzene rings is 1. The monoisotopic (exact) mass is 322 g/mol. The second kappa shape index (κ2) is 5.84. The molecule has 1 N–H and O–H groups in total. The molecule has 0 fully saturated rings. The summed E-state index contributed by atoms with van der Waals surface area (Å²) in [5.41, 5.74) is 1.22. The van der Waals surface area contributed by atoms with E-state index in [9.17, 15) is 4.79 Å². The molecule has 24 heavy (non-hydrogen) atoms. The molecule has 3 heterocycles. The van der Waals surface area contributed by atoms with Gasteiger partial charge in [-0.1, -0.05) is 6.07 Å². The fourth-order valence-corrected chi connectivity index (χ4v) is 2.09. The third-order valence-corrected chi connectivity index (χ3v) is 3.18. The van der Waals surface area contributed by atoms with Crippen LogP contribution in [0.25, 0.3) is 23.1 Å². The minimum Gasteiger partial charge on any atom is -0.459 e. The van der Waals surface area contributed by atoms with E-state index in [-0.39, 0.29) is 11.7 Å². The summed E-state index contributed by atoms with van der Waals surface area (Å²) < 4.78 is 15.8. The molecular weight excluding hydrogens is 312 g/mol. The van der Waals surface area contributed by atoms with Crippen molar-refractivity contribution in [2.75, 3.05) is 5.32 Å². The first-order chi connectivity index (χ1) is 11.8. The summed E-state index contributed by atoms with van der Waals surface area (Å²) in [4.78, 5) is 15.7. The Hall–Kier alpha value is -3.68. The summed E-state index contributed by atoms with van der Waals surface area (Å²) in [6.07, 6.45) is 4.06. The predicted molar refractivity (Wildman–Crippen MR) is 81.9 cm³/mol. The summed E-state index contributed by atoms with van der Waals surface area (Å²) in [5, 5.41) is 10.6. The molecule has 0 atom stereocenters. The van der Waals surface area contributed by atoms with Crippen LogP contribution in [-0.2, 0) is 0 Å². The molecule has 0 aliphatic heterocycles. The van der Waals surface area contributed by atoms with Crippen molar-refractivity contribution in [3.05, 3.63) is 61.0 Å². The summed E-state index contributed by atoms with van der Waals surface area (Å²) in [6, 6.07) is 10.5. The second-order valence-electron chi connectivity index (χ2n) is 4.79. The number of hydrogen-bond donors (Lipinski definition) is 1. The van der Waals surface area contributed by atoms with E-state index < -0.39 is 5.91 Å². The Kier molecular flexibility index (Phi) is 3.39. The Bertz CT molecular complexity index is 958. The Morgan fingerprint density at radius 1 is 1.04 bits per heavy atom. The van der Waals surface area contributed by atoms with Gasteiger partial charge in [-0.05, 0) is 30.3 Å². The van der Waals surface area contributed by atoms with Crippen LogP contribution in [0, 0.1) is 0 Å². The highest BCUT2D eigenvalue weighted by molar-refractivity contribution is 6.02. The van der Waals surface area contributed by atoms with Gasteiger partial charge in [0.05, 0.1) is 12.5 Å². The van der Waals surface area contributed by atoms with Gasteiger partial charge in [0, 0.05) is 11.3 Å². The maximum absolute atomic E-state index is 12.0. The molecule has 0 radical (unpaired) electrons. The zero-order chi connectivity index (χ0) is 16.4. The zero-order valence-corrected chi connectivity index (χ0v) is 12.2. The molecule has 0 bridgehead atoms. The lowest BCUT2D eigenvalue weighted by molar-refractivity contribution is 0.0996. The zero-order valence-electron chi connectivity index (χ0n) is 12.2. The number of hydrogen-bond acceptors (Lipinski definition) is 7. The second-order valence-corrected chi connectivity index (χ2v) is 4.79. The van der Waals surface area contributed by atoms with Crippen molar-refractivity contribution >= 4 is 11.6 Å². The lowest BCUT2D eigenvalue weighted by Crippen LogP contribution is -2.10. The summed E-state index contributed by atoms with van der Waals surface area (Å²) in [6.45, 7) is 0. The van der Waals surface area contributed by atoms with E-state index in [1.807, 2.05) is 0 Å². The van der Waals surface area contributed by atoms with Gasteiger partial charge in [-0.25, -0.2) is 4.98 Å². The molecule has 0 saturated heterocycles. The van der Waals surface area contributed by atoms with Gasteiger partial charge in [-0.3, -0.25) is 4.79 Å². The molecular formula is C16H10N4O4. The molecule has 0 unspecified atom stereocenters. The van der Waals surface area contributed by atoms with Gasteiger partial charge >= 0.3 is 0 Å². The van der Waals surface area contributed by atoms with Gasteiger partial charge in [-0.15, -0.1) is 10.2 Å². The quantitative estimate of drug-likeness (QED) is 0.614. The SMILES string of the molecule is O=C(Nc1cccc(-c2nnc(-c3ccco3)o2)c1)c1cnco1. The van der Waals surface area contributed by atoms with E-state index in [0.717, 1.165) is 0 Å². The highest BCUT2D eigenvalue weighted by Crippen LogP contribution is 2.26. The van der Waals surface area contributed by atoms with Gasteiger partial charge in [0.2, 0.25) is 11.7 Å². The molecule has 3 aromatic heterocycles. The molecule has 8 heteroatoms. The minimum atomic E-state index is -0.397. The van der Waals surface area contributed by atoms with E-state index >= 15 is 0 Å². The molecule has 1 amide bonds.